The van der Waals surface area contributed by atoms with Crippen molar-refractivity contribution in [3.05, 3.63) is 59.2 Å². The molecule has 0 aliphatic carbocycles. The van der Waals surface area contributed by atoms with E-state index in [1.54, 1.807) is 12.1 Å². The molecule has 19 heavy (non-hydrogen) atoms. The molecule has 2 aromatic rings. The molecule has 1 aliphatic rings. The van der Waals surface area contributed by atoms with Crippen LogP contribution in [-0.4, -0.2) is 16.9 Å². The Hall–Kier alpha value is -2.62. The first kappa shape index (κ1) is 11.5. The molecule has 0 saturated heterocycles. The number of benzene rings is 2. The van der Waals surface area contributed by atoms with Gasteiger partial charge in [-0.1, -0.05) is 18.2 Å². The fourth-order valence-corrected chi connectivity index (χ4v) is 2.26. The number of aryl methyl sites for hydroxylation is 1. The number of carbonyl (C=O) groups excluding carboxylic acids is 2. The zero-order valence-electron chi connectivity index (χ0n) is 10.3. The summed E-state index contributed by atoms with van der Waals surface area (Å²) in [6.07, 6.45) is 0. The summed E-state index contributed by atoms with van der Waals surface area (Å²) in [6.45, 7) is 1.84. The van der Waals surface area contributed by atoms with Crippen molar-refractivity contribution in [2.45, 2.75) is 6.92 Å². The SMILES string of the molecule is Cc1ccccc1N1C(=O)c2ccc(O)cc2C1=O. The highest BCUT2D eigenvalue weighted by Gasteiger charge is 2.37. The van der Waals surface area contributed by atoms with Crippen molar-refractivity contribution >= 4 is 17.5 Å². The first-order valence-electron chi connectivity index (χ1n) is 5.87. The van der Waals surface area contributed by atoms with E-state index >= 15 is 0 Å². The number of imide groups is 1. The van der Waals surface area contributed by atoms with Crippen LogP contribution < -0.4 is 4.90 Å². The van der Waals surface area contributed by atoms with Crippen LogP contribution in [0.25, 0.3) is 0 Å². The Morgan fingerprint density at radius 2 is 1.63 bits per heavy atom. The predicted molar refractivity (Wildman–Crippen MR) is 70.4 cm³/mol. The van der Waals surface area contributed by atoms with Crippen molar-refractivity contribution in [2.24, 2.45) is 0 Å². The zero-order chi connectivity index (χ0) is 13.6. The Labute approximate surface area is 109 Å². The van der Waals surface area contributed by atoms with Crippen molar-refractivity contribution in [1.29, 1.82) is 0 Å². The van der Waals surface area contributed by atoms with Gasteiger partial charge < -0.3 is 5.11 Å². The Kier molecular flexibility index (Phi) is 2.38. The van der Waals surface area contributed by atoms with Crippen LogP contribution in [-0.2, 0) is 0 Å². The van der Waals surface area contributed by atoms with Crippen LogP contribution in [0.3, 0.4) is 0 Å². The third-order valence-corrected chi connectivity index (χ3v) is 3.23. The monoisotopic (exact) mass is 253 g/mol. The summed E-state index contributed by atoms with van der Waals surface area (Å²) < 4.78 is 0. The van der Waals surface area contributed by atoms with Crippen LogP contribution in [0, 0.1) is 6.92 Å². The molecular formula is C15H11NO3. The van der Waals surface area contributed by atoms with Gasteiger partial charge in [0.15, 0.2) is 0 Å². The van der Waals surface area contributed by atoms with Crippen molar-refractivity contribution in [3.63, 3.8) is 0 Å². The second-order valence-electron chi connectivity index (χ2n) is 4.46. The Balaban J connectivity index is 2.16. The molecule has 1 aliphatic heterocycles. The molecule has 2 aromatic carbocycles. The van der Waals surface area contributed by atoms with Gasteiger partial charge in [0.25, 0.3) is 11.8 Å². The van der Waals surface area contributed by atoms with Crippen LogP contribution in [0.4, 0.5) is 5.69 Å². The topological polar surface area (TPSA) is 57.6 Å². The number of para-hydroxylation sites is 1. The minimum Gasteiger partial charge on any atom is -0.508 e. The van der Waals surface area contributed by atoms with Gasteiger partial charge in [-0.3, -0.25) is 9.59 Å². The average Bonchev–Trinajstić information content (AvgIpc) is 2.63. The largest absolute Gasteiger partial charge is 0.508 e. The van der Waals surface area contributed by atoms with Gasteiger partial charge >= 0.3 is 0 Å². The molecule has 3 rings (SSSR count). The zero-order valence-corrected chi connectivity index (χ0v) is 10.3. The quantitative estimate of drug-likeness (QED) is 0.794. The van der Waals surface area contributed by atoms with E-state index in [-0.39, 0.29) is 17.2 Å². The second-order valence-corrected chi connectivity index (χ2v) is 4.46. The van der Waals surface area contributed by atoms with E-state index in [0.29, 0.717) is 11.3 Å². The maximum Gasteiger partial charge on any atom is 0.266 e. The lowest BCUT2D eigenvalue weighted by molar-refractivity contribution is 0.0926. The number of anilines is 1. The number of fused-ring (bicyclic) bond motifs is 1. The maximum atomic E-state index is 12.3. The van der Waals surface area contributed by atoms with Gasteiger partial charge in [-0.15, -0.1) is 0 Å². The summed E-state index contributed by atoms with van der Waals surface area (Å²) >= 11 is 0. The number of nitrogens with zero attached hydrogens (tertiary/aromatic N) is 1. The van der Waals surface area contributed by atoms with E-state index in [9.17, 15) is 14.7 Å². The molecule has 94 valence electrons. The molecule has 0 radical (unpaired) electrons. The van der Waals surface area contributed by atoms with Gasteiger partial charge in [-0.2, -0.15) is 0 Å². The van der Waals surface area contributed by atoms with Gasteiger partial charge in [0.1, 0.15) is 5.75 Å². The molecular weight excluding hydrogens is 242 g/mol. The lowest BCUT2D eigenvalue weighted by Gasteiger charge is -2.16. The van der Waals surface area contributed by atoms with Crippen molar-refractivity contribution in [2.75, 3.05) is 4.90 Å². The van der Waals surface area contributed by atoms with E-state index in [0.717, 1.165) is 10.5 Å². The molecule has 0 spiro atoms. The Morgan fingerprint density at radius 3 is 2.37 bits per heavy atom. The minimum atomic E-state index is -0.398. The minimum absolute atomic E-state index is 0.0217. The first-order valence-corrected chi connectivity index (χ1v) is 5.87. The number of hydrogen-bond donors (Lipinski definition) is 1. The summed E-state index contributed by atoms with van der Waals surface area (Å²) in [6, 6.07) is 11.4. The van der Waals surface area contributed by atoms with Gasteiger partial charge in [0, 0.05) is 0 Å². The van der Waals surface area contributed by atoms with E-state index in [1.807, 2.05) is 19.1 Å². The molecule has 0 atom stereocenters. The van der Waals surface area contributed by atoms with Crippen molar-refractivity contribution < 1.29 is 14.7 Å². The maximum absolute atomic E-state index is 12.3. The van der Waals surface area contributed by atoms with Crippen LogP contribution in [0.2, 0.25) is 0 Å². The number of hydrogen-bond acceptors (Lipinski definition) is 3. The van der Waals surface area contributed by atoms with Crippen LogP contribution in [0.15, 0.2) is 42.5 Å². The number of carbonyl (C=O) groups is 2. The first-order chi connectivity index (χ1) is 9.09. The Morgan fingerprint density at radius 1 is 0.947 bits per heavy atom. The molecule has 4 heteroatoms. The highest BCUT2D eigenvalue weighted by atomic mass is 16.3. The third-order valence-electron chi connectivity index (χ3n) is 3.23. The van der Waals surface area contributed by atoms with Crippen LogP contribution >= 0.6 is 0 Å². The second kappa shape index (κ2) is 3.95. The van der Waals surface area contributed by atoms with Gasteiger partial charge in [-0.05, 0) is 36.8 Å². The molecule has 4 nitrogen and oxygen atoms in total. The number of rotatable bonds is 1. The van der Waals surface area contributed by atoms with Crippen molar-refractivity contribution in [1.82, 2.24) is 0 Å². The lowest BCUT2D eigenvalue weighted by Crippen LogP contribution is -2.29. The fraction of sp³-hybridized carbons (Fsp3) is 0.0667. The molecule has 1 N–H and O–H groups in total. The van der Waals surface area contributed by atoms with E-state index in [2.05, 4.69) is 0 Å². The van der Waals surface area contributed by atoms with E-state index < -0.39 is 5.91 Å². The standard InChI is InChI=1S/C15H11NO3/c1-9-4-2-3-5-13(9)16-14(18)11-7-6-10(17)8-12(11)15(16)19/h2-8,17H,1H3. The van der Waals surface area contributed by atoms with Gasteiger partial charge in [0.2, 0.25) is 0 Å². The summed E-state index contributed by atoms with van der Waals surface area (Å²) in [5, 5.41) is 9.43. The molecule has 0 fully saturated rings. The van der Waals surface area contributed by atoms with Crippen LogP contribution in [0.1, 0.15) is 26.3 Å². The number of amides is 2. The molecule has 0 bridgehead atoms. The highest BCUT2D eigenvalue weighted by Crippen LogP contribution is 2.31. The van der Waals surface area contributed by atoms with Crippen molar-refractivity contribution in [3.8, 4) is 5.75 Å². The highest BCUT2D eigenvalue weighted by molar-refractivity contribution is 6.34. The molecule has 0 unspecified atom stereocenters. The third kappa shape index (κ3) is 1.61. The number of aromatic hydroxyl groups is 1. The molecule has 0 saturated carbocycles. The van der Waals surface area contributed by atoms with Gasteiger partial charge in [0.05, 0.1) is 16.8 Å². The summed E-state index contributed by atoms with van der Waals surface area (Å²) in [5.41, 5.74) is 1.99. The summed E-state index contributed by atoms with van der Waals surface area (Å²) in [7, 11) is 0. The lowest BCUT2D eigenvalue weighted by atomic mass is 10.1. The average molecular weight is 253 g/mol. The van der Waals surface area contributed by atoms with Crippen LogP contribution in [0.5, 0.6) is 5.75 Å². The van der Waals surface area contributed by atoms with E-state index in [4.69, 9.17) is 0 Å². The summed E-state index contributed by atoms with van der Waals surface area (Å²) in [5.74, 6) is -0.772. The number of phenols is 1. The smallest absolute Gasteiger partial charge is 0.266 e. The molecule has 1 heterocycles. The molecule has 2 amide bonds. The summed E-state index contributed by atoms with van der Waals surface area (Å²) in [4.78, 5) is 25.8. The van der Waals surface area contributed by atoms with E-state index in [1.165, 1.54) is 18.2 Å². The molecule has 0 aromatic heterocycles. The predicted octanol–water partition coefficient (Wildman–Crippen LogP) is 2.50. The van der Waals surface area contributed by atoms with Gasteiger partial charge in [-0.25, -0.2) is 4.90 Å². The normalized spacial score (nSPS) is 13.8. The fourth-order valence-electron chi connectivity index (χ4n) is 2.26. The Bertz CT molecular complexity index is 706. The number of phenolic OH excluding ortho intramolecular Hbond substituents is 1.